The highest BCUT2D eigenvalue weighted by molar-refractivity contribution is 5.76. The van der Waals surface area contributed by atoms with Gasteiger partial charge in [0.25, 0.3) is 0 Å². The number of carboxylic acid groups (broad SMARTS) is 1. The highest BCUT2D eigenvalue weighted by Crippen LogP contribution is 2.59. The van der Waals surface area contributed by atoms with E-state index in [4.69, 9.17) is 5.11 Å². The van der Waals surface area contributed by atoms with Crippen molar-refractivity contribution in [1.29, 1.82) is 0 Å². The van der Waals surface area contributed by atoms with E-state index in [0.717, 1.165) is 12.5 Å². The molecule has 0 bridgehead atoms. The minimum atomic E-state index is -4.54. The van der Waals surface area contributed by atoms with Crippen LogP contribution in [0, 0.1) is 11.3 Å². The number of hydrogen-bond donors (Lipinski definition) is 1. The molecule has 24 heavy (non-hydrogen) atoms. The molecule has 1 spiro atoms. The summed E-state index contributed by atoms with van der Waals surface area (Å²) in [6, 6.07) is 1.09. The van der Waals surface area contributed by atoms with Gasteiger partial charge in [-0.15, -0.1) is 0 Å². The van der Waals surface area contributed by atoms with Crippen LogP contribution < -0.4 is 9.80 Å². The van der Waals surface area contributed by atoms with Gasteiger partial charge in [-0.2, -0.15) is 18.2 Å². The first-order chi connectivity index (χ1) is 11.2. The summed E-state index contributed by atoms with van der Waals surface area (Å²) < 4.78 is 39.4. The molecule has 1 aliphatic carbocycles. The van der Waals surface area contributed by atoms with E-state index >= 15 is 0 Å². The Bertz CT molecular complexity index is 702. The third-order valence-corrected chi connectivity index (χ3v) is 5.39. The molecule has 3 heterocycles. The van der Waals surface area contributed by atoms with E-state index in [9.17, 15) is 18.0 Å². The summed E-state index contributed by atoms with van der Waals surface area (Å²) in [6.07, 6.45) is -3.04. The monoisotopic (exact) mass is 342 g/mol. The molecule has 6 nitrogen and oxygen atoms in total. The van der Waals surface area contributed by atoms with Crippen LogP contribution in [0.5, 0.6) is 0 Å². The van der Waals surface area contributed by atoms with Crippen LogP contribution in [0.15, 0.2) is 6.07 Å². The molecule has 1 unspecified atom stereocenters. The van der Waals surface area contributed by atoms with Gasteiger partial charge in [0, 0.05) is 37.2 Å². The first-order valence-electron chi connectivity index (χ1n) is 7.90. The lowest BCUT2D eigenvalue weighted by molar-refractivity contribution is -0.141. The predicted molar refractivity (Wildman–Crippen MR) is 78.8 cm³/mol. The zero-order valence-corrected chi connectivity index (χ0v) is 13.0. The number of nitrogens with zero attached hydrogens (tertiary/aromatic N) is 4. The molecule has 1 saturated carbocycles. The van der Waals surface area contributed by atoms with E-state index in [0.29, 0.717) is 26.1 Å². The van der Waals surface area contributed by atoms with E-state index < -0.39 is 17.8 Å². The fourth-order valence-corrected chi connectivity index (χ4v) is 3.59. The second-order valence-electron chi connectivity index (χ2n) is 7.05. The maximum Gasteiger partial charge on any atom is 0.433 e. The van der Waals surface area contributed by atoms with Crippen molar-refractivity contribution in [2.75, 3.05) is 29.4 Å². The maximum absolute atomic E-state index is 13.1. The Labute approximate surface area is 136 Å². The summed E-state index contributed by atoms with van der Waals surface area (Å²) in [5.74, 6) is -0.880. The first kappa shape index (κ1) is 15.5. The predicted octanol–water partition coefficient (Wildman–Crippen LogP) is 2.00. The summed E-state index contributed by atoms with van der Waals surface area (Å²) >= 11 is 0. The van der Waals surface area contributed by atoms with Crippen LogP contribution in [-0.2, 0) is 11.0 Å². The molecule has 1 N–H and O–H groups in total. The van der Waals surface area contributed by atoms with Gasteiger partial charge in [-0.05, 0) is 19.8 Å². The second kappa shape index (κ2) is 4.73. The van der Waals surface area contributed by atoms with Crippen molar-refractivity contribution in [1.82, 2.24) is 9.97 Å². The van der Waals surface area contributed by atoms with Gasteiger partial charge < -0.3 is 14.9 Å². The third-order valence-electron chi connectivity index (χ3n) is 5.39. The van der Waals surface area contributed by atoms with Crippen molar-refractivity contribution in [3.8, 4) is 0 Å². The first-order valence-corrected chi connectivity index (χ1v) is 7.90. The Balaban J connectivity index is 1.59. The maximum atomic E-state index is 13.1. The Morgan fingerprint density at radius 3 is 2.54 bits per heavy atom. The second-order valence-corrected chi connectivity index (χ2v) is 7.05. The molecule has 0 amide bonds. The molecular formula is C15H17F3N4O2. The molecule has 3 aliphatic rings. The minimum absolute atomic E-state index is 0.102. The quantitative estimate of drug-likeness (QED) is 0.906. The lowest BCUT2D eigenvalue weighted by Crippen LogP contribution is -2.51. The summed E-state index contributed by atoms with van der Waals surface area (Å²) in [6.45, 7) is 3.44. The van der Waals surface area contributed by atoms with Crippen molar-refractivity contribution >= 4 is 17.7 Å². The number of rotatable bonds is 3. The number of hydrogen-bond acceptors (Lipinski definition) is 5. The molecule has 4 rings (SSSR count). The lowest BCUT2D eigenvalue weighted by atomic mass is 9.93. The zero-order valence-electron chi connectivity index (χ0n) is 13.0. The van der Waals surface area contributed by atoms with Crippen molar-refractivity contribution in [2.24, 2.45) is 11.3 Å². The Morgan fingerprint density at radius 1 is 1.38 bits per heavy atom. The summed E-state index contributed by atoms with van der Waals surface area (Å²) in [5, 5.41) is 9.05. The summed E-state index contributed by atoms with van der Waals surface area (Å²) in [4.78, 5) is 22.5. The largest absolute Gasteiger partial charge is 0.481 e. The van der Waals surface area contributed by atoms with Crippen LogP contribution in [0.25, 0.3) is 0 Å². The number of aliphatic carboxylic acids is 1. The number of anilines is 2. The standard InChI is InChI=1S/C15H17F3N4O2/c1-8-2-3-22(8)13-19-10(15(16,17)18)4-11(20-13)21-6-14(7-21)5-9(14)12(23)24/h4,8-9H,2-3,5-7H2,1H3,(H,23,24)/t8-,9?/m0/s1. The molecule has 9 heteroatoms. The van der Waals surface area contributed by atoms with Crippen molar-refractivity contribution < 1.29 is 23.1 Å². The van der Waals surface area contributed by atoms with Gasteiger partial charge in [-0.3, -0.25) is 4.79 Å². The molecule has 1 aromatic rings. The lowest BCUT2D eigenvalue weighted by Gasteiger charge is -2.43. The van der Waals surface area contributed by atoms with Crippen molar-refractivity contribution in [2.45, 2.75) is 32.0 Å². The van der Waals surface area contributed by atoms with E-state index in [2.05, 4.69) is 9.97 Å². The third kappa shape index (κ3) is 2.29. The van der Waals surface area contributed by atoms with Crippen LogP contribution in [-0.4, -0.2) is 46.7 Å². The van der Waals surface area contributed by atoms with Gasteiger partial charge in [0.05, 0.1) is 5.92 Å². The Hall–Kier alpha value is -2.06. The van der Waals surface area contributed by atoms with E-state index in [-0.39, 0.29) is 29.1 Å². The van der Waals surface area contributed by atoms with Crippen molar-refractivity contribution in [3.63, 3.8) is 0 Å². The van der Waals surface area contributed by atoms with E-state index in [1.807, 2.05) is 6.92 Å². The number of alkyl halides is 3. The normalized spacial score (nSPS) is 27.7. The van der Waals surface area contributed by atoms with Crippen LogP contribution >= 0.6 is 0 Å². The number of halogens is 3. The molecule has 1 aromatic heterocycles. The molecule has 2 aliphatic heterocycles. The Morgan fingerprint density at radius 2 is 2.08 bits per heavy atom. The molecule has 0 radical (unpaired) electrons. The fraction of sp³-hybridized carbons (Fsp3) is 0.667. The molecular weight excluding hydrogens is 325 g/mol. The number of aromatic nitrogens is 2. The topological polar surface area (TPSA) is 69.6 Å². The average molecular weight is 342 g/mol. The van der Waals surface area contributed by atoms with Crippen LogP contribution in [0.1, 0.15) is 25.5 Å². The van der Waals surface area contributed by atoms with Gasteiger partial charge in [-0.25, -0.2) is 4.98 Å². The summed E-state index contributed by atoms with van der Waals surface area (Å²) in [7, 11) is 0. The molecule has 0 aromatic carbocycles. The smallest absolute Gasteiger partial charge is 0.433 e. The molecule has 2 atom stereocenters. The van der Waals surface area contributed by atoms with Gasteiger partial charge in [0.15, 0.2) is 5.69 Å². The van der Waals surface area contributed by atoms with Crippen LogP contribution in [0.2, 0.25) is 0 Å². The summed E-state index contributed by atoms with van der Waals surface area (Å²) in [5.41, 5.74) is -1.23. The SMILES string of the molecule is C[C@H]1CCN1c1nc(N2CC3(CC3C(=O)O)C2)cc(C(F)(F)F)n1. The molecule has 3 fully saturated rings. The zero-order chi connectivity index (χ0) is 17.3. The van der Waals surface area contributed by atoms with E-state index in [1.54, 1.807) is 9.80 Å². The number of carbonyl (C=O) groups is 1. The molecule has 130 valence electrons. The highest BCUT2D eigenvalue weighted by atomic mass is 19.4. The highest BCUT2D eigenvalue weighted by Gasteiger charge is 2.65. The number of carboxylic acids is 1. The van der Waals surface area contributed by atoms with Crippen LogP contribution in [0.3, 0.4) is 0 Å². The van der Waals surface area contributed by atoms with Gasteiger partial charge in [0.2, 0.25) is 5.95 Å². The van der Waals surface area contributed by atoms with E-state index in [1.165, 1.54) is 0 Å². The van der Waals surface area contributed by atoms with Crippen LogP contribution in [0.4, 0.5) is 24.9 Å². The fourth-order valence-electron chi connectivity index (χ4n) is 3.59. The Kier molecular flexibility index (Phi) is 3.05. The van der Waals surface area contributed by atoms with Crippen molar-refractivity contribution in [3.05, 3.63) is 11.8 Å². The minimum Gasteiger partial charge on any atom is -0.481 e. The average Bonchev–Trinajstić information content (AvgIpc) is 3.19. The van der Waals surface area contributed by atoms with Gasteiger partial charge in [0.1, 0.15) is 5.82 Å². The van der Waals surface area contributed by atoms with Gasteiger partial charge in [-0.1, -0.05) is 0 Å². The van der Waals surface area contributed by atoms with Gasteiger partial charge >= 0.3 is 12.1 Å². The molecule has 2 saturated heterocycles.